The summed E-state index contributed by atoms with van der Waals surface area (Å²) in [6.45, 7) is 4.95. The highest BCUT2D eigenvalue weighted by Crippen LogP contribution is 2.21. The number of benzene rings is 1. The van der Waals surface area contributed by atoms with Crippen LogP contribution in [0.1, 0.15) is 35.7 Å². The van der Waals surface area contributed by atoms with Gasteiger partial charge in [0.2, 0.25) is 5.89 Å². The number of aliphatic imine (C=N–C) groups is 1. The van der Waals surface area contributed by atoms with Crippen molar-refractivity contribution in [3.05, 3.63) is 47.2 Å². The minimum atomic E-state index is -2.85. The number of guanidine groups is 1. The molecule has 3 rings (SSSR count). The number of halogens is 2. The molecule has 0 bridgehead atoms. The van der Waals surface area contributed by atoms with Gasteiger partial charge < -0.3 is 19.8 Å². The van der Waals surface area contributed by atoms with E-state index in [1.54, 1.807) is 25.2 Å². The van der Waals surface area contributed by atoms with Crippen LogP contribution in [0.5, 0.6) is 5.75 Å². The molecule has 9 heteroatoms. The fourth-order valence-corrected chi connectivity index (χ4v) is 3.65. The van der Waals surface area contributed by atoms with Gasteiger partial charge in [0.25, 0.3) is 0 Å². The van der Waals surface area contributed by atoms with Crippen LogP contribution in [0, 0.1) is 19.8 Å². The first-order valence-corrected chi connectivity index (χ1v) is 10.6. The zero-order valence-electron chi connectivity index (χ0n) is 18.3. The molecule has 0 spiro atoms. The molecule has 1 saturated heterocycles. The third-order valence-electron chi connectivity index (χ3n) is 5.56. The zero-order chi connectivity index (χ0) is 22.2. The minimum Gasteiger partial charge on any atom is -0.444 e. The molecule has 7 nitrogen and oxygen atoms in total. The number of aromatic nitrogens is 1. The van der Waals surface area contributed by atoms with Crippen LogP contribution >= 0.6 is 0 Å². The number of hydrogen-bond donors (Lipinski definition) is 2. The summed E-state index contributed by atoms with van der Waals surface area (Å²) in [5, 5.41) is 6.52. The maximum Gasteiger partial charge on any atom is 0.387 e. The van der Waals surface area contributed by atoms with Crippen LogP contribution in [0.3, 0.4) is 0 Å². The Morgan fingerprint density at radius 3 is 2.65 bits per heavy atom. The molecule has 1 aliphatic rings. The van der Waals surface area contributed by atoms with Crippen molar-refractivity contribution < 1.29 is 17.9 Å². The standard InChI is InChI=1S/C22H31F2N5O2/c1-15-16(2)30-20(28-15)14-29-10-8-17(9-11-29)12-26-22(25-3)27-13-18-6-4-5-7-19(18)31-21(23)24/h4-7,17,21H,8-14H2,1-3H3,(H2,25,26,27). The number of rotatable bonds is 8. The van der Waals surface area contributed by atoms with Gasteiger partial charge in [0.15, 0.2) is 5.96 Å². The van der Waals surface area contributed by atoms with Crippen LogP contribution < -0.4 is 15.4 Å². The highest BCUT2D eigenvalue weighted by Gasteiger charge is 2.21. The number of para-hydroxylation sites is 1. The van der Waals surface area contributed by atoms with E-state index in [1.807, 2.05) is 13.8 Å². The lowest BCUT2D eigenvalue weighted by Crippen LogP contribution is -2.42. The van der Waals surface area contributed by atoms with E-state index in [9.17, 15) is 8.78 Å². The van der Waals surface area contributed by atoms with Crippen LogP contribution in [0.15, 0.2) is 33.7 Å². The number of oxazole rings is 1. The Morgan fingerprint density at radius 2 is 2.00 bits per heavy atom. The second-order valence-corrected chi connectivity index (χ2v) is 7.76. The van der Waals surface area contributed by atoms with Crippen molar-refractivity contribution in [3.63, 3.8) is 0 Å². The molecule has 2 N–H and O–H groups in total. The molecule has 2 heterocycles. The molecule has 1 aliphatic heterocycles. The number of likely N-dealkylation sites (tertiary alicyclic amines) is 1. The summed E-state index contributed by atoms with van der Waals surface area (Å²) in [7, 11) is 1.69. The fourth-order valence-electron chi connectivity index (χ4n) is 3.65. The van der Waals surface area contributed by atoms with Crippen molar-refractivity contribution in [2.45, 2.75) is 46.4 Å². The van der Waals surface area contributed by atoms with E-state index in [2.05, 4.69) is 30.2 Å². The largest absolute Gasteiger partial charge is 0.444 e. The average Bonchev–Trinajstić information content (AvgIpc) is 3.06. The summed E-state index contributed by atoms with van der Waals surface area (Å²) in [5.41, 5.74) is 1.60. The first-order chi connectivity index (χ1) is 14.9. The summed E-state index contributed by atoms with van der Waals surface area (Å²) < 4.78 is 35.4. The minimum absolute atomic E-state index is 0.171. The molecule has 0 saturated carbocycles. The number of hydrogen-bond acceptors (Lipinski definition) is 5. The molecule has 1 fully saturated rings. The van der Waals surface area contributed by atoms with Gasteiger partial charge in [-0.05, 0) is 51.8 Å². The van der Waals surface area contributed by atoms with E-state index in [0.717, 1.165) is 56.4 Å². The van der Waals surface area contributed by atoms with Crippen LogP contribution in [0.4, 0.5) is 8.78 Å². The number of aryl methyl sites for hydroxylation is 2. The van der Waals surface area contributed by atoms with E-state index in [0.29, 0.717) is 24.0 Å². The molecule has 0 atom stereocenters. The van der Waals surface area contributed by atoms with Crippen LogP contribution in [-0.4, -0.2) is 49.1 Å². The second-order valence-electron chi connectivity index (χ2n) is 7.76. The lowest BCUT2D eigenvalue weighted by atomic mass is 9.97. The van der Waals surface area contributed by atoms with Crippen molar-refractivity contribution in [3.8, 4) is 5.75 Å². The van der Waals surface area contributed by atoms with Crippen LogP contribution in [0.2, 0.25) is 0 Å². The molecule has 0 aliphatic carbocycles. The van der Waals surface area contributed by atoms with Gasteiger partial charge in [-0.15, -0.1) is 0 Å². The first kappa shape index (κ1) is 23.0. The third kappa shape index (κ3) is 6.92. The Kier molecular flexibility index (Phi) is 8.22. The lowest BCUT2D eigenvalue weighted by molar-refractivity contribution is -0.0504. The summed E-state index contributed by atoms with van der Waals surface area (Å²) in [5.74, 6) is 3.02. The molecule has 2 aromatic rings. The summed E-state index contributed by atoms with van der Waals surface area (Å²) in [4.78, 5) is 11.1. The predicted molar refractivity (Wildman–Crippen MR) is 115 cm³/mol. The monoisotopic (exact) mass is 435 g/mol. The molecule has 31 heavy (non-hydrogen) atoms. The van der Waals surface area contributed by atoms with Crippen molar-refractivity contribution >= 4 is 5.96 Å². The molecule has 1 aromatic carbocycles. The second kappa shape index (κ2) is 11.1. The van der Waals surface area contributed by atoms with Crippen molar-refractivity contribution in [2.24, 2.45) is 10.9 Å². The van der Waals surface area contributed by atoms with E-state index >= 15 is 0 Å². The Labute approximate surface area is 181 Å². The lowest BCUT2D eigenvalue weighted by Gasteiger charge is -2.31. The molecule has 170 valence electrons. The van der Waals surface area contributed by atoms with Gasteiger partial charge >= 0.3 is 6.61 Å². The number of nitrogens with one attached hydrogen (secondary N) is 2. The number of piperidine rings is 1. The maximum absolute atomic E-state index is 12.6. The Bertz CT molecular complexity index is 844. The molecule has 1 aromatic heterocycles. The number of ether oxygens (including phenoxy) is 1. The smallest absolute Gasteiger partial charge is 0.387 e. The summed E-state index contributed by atoms with van der Waals surface area (Å²) >= 11 is 0. The average molecular weight is 436 g/mol. The number of alkyl halides is 2. The van der Waals surface area contributed by atoms with Gasteiger partial charge in [0.05, 0.1) is 12.2 Å². The summed E-state index contributed by atoms with van der Waals surface area (Å²) in [6, 6.07) is 6.75. The van der Waals surface area contributed by atoms with Gasteiger partial charge in [-0.3, -0.25) is 9.89 Å². The van der Waals surface area contributed by atoms with Crippen molar-refractivity contribution in [1.29, 1.82) is 0 Å². The van der Waals surface area contributed by atoms with E-state index < -0.39 is 6.61 Å². The normalized spacial score (nSPS) is 16.0. The first-order valence-electron chi connectivity index (χ1n) is 10.6. The topological polar surface area (TPSA) is 74.9 Å². The number of nitrogens with zero attached hydrogens (tertiary/aromatic N) is 3. The SMILES string of the molecule is CN=C(NCc1ccccc1OC(F)F)NCC1CCN(Cc2nc(C)c(C)o2)CC1. The highest BCUT2D eigenvalue weighted by molar-refractivity contribution is 5.79. The van der Waals surface area contributed by atoms with Gasteiger partial charge in [-0.2, -0.15) is 8.78 Å². The van der Waals surface area contributed by atoms with E-state index in [4.69, 9.17) is 4.42 Å². The zero-order valence-corrected chi connectivity index (χ0v) is 18.3. The van der Waals surface area contributed by atoms with E-state index in [1.165, 1.54) is 6.07 Å². The fraction of sp³-hybridized carbons (Fsp3) is 0.545. The quantitative estimate of drug-likeness (QED) is 0.489. The molecule has 0 radical (unpaired) electrons. The third-order valence-corrected chi connectivity index (χ3v) is 5.56. The maximum atomic E-state index is 12.6. The van der Waals surface area contributed by atoms with Crippen molar-refractivity contribution in [2.75, 3.05) is 26.7 Å². The Hall–Kier alpha value is -2.68. The molecular weight excluding hydrogens is 404 g/mol. The van der Waals surface area contributed by atoms with E-state index in [-0.39, 0.29) is 5.75 Å². The van der Waals surface area contributed by atoms with Gasteiger partial charge in [-0.25, -0.2) is 4.98 Å². The summed E-state index contributed by atoms with van der Waals surface area (Å²) in [6.07, 6.45) is 2.15. The van der Waals surface area contributed by atoms with Crippen LogP contribution in [0.25, 0.3) is 0 Å². The Balaban J connectivity index is 1.40. The van der Waals surface area contributed by atoms with Crippen LogP contribution in [-0.2, 0) is 13.1 Å². The van der Waals surface area contributed by atoms with Gasteiger partial charge in [0.1, 0.15) is 11.5 Å². The predicted octanol–water partition coefficient (Wildman–Crippen LogP) is 3.47. The van der Waals surface area contributed by atoms with Crippen molar-refractivity contribution in [1.82, 2.24) is 20.5 Å². The molecular formula is C22H31F2N5O2. The molecule has 0 unspecified atom stereocenters. The Morgan fingerprint density at radius 1 is 1.26 bits per heavy atom. The van der Waals surface area contributed by atoms with Gasteiger partial charge in [-0.1, -0.05) is 18.2 Å². The highest BCUT2D eigenvalue weighted by atomic mass is 19.3. The molecule has 0 amide bonds. The van der Waals surface area contributed by atoms with Gasteiger partial charge in [0, 0.05) is 25.7 Å².